The molecule has 0 spiro atoms. The van der Waals surface area contributed by atoms with Crippen LogP contribution < -0.4 is 5.73 Å². The minimum absolute atomic E-state index is 0.175. The highest BCUT2D eigenvalue weighted by Crippen LogP contribution is 2.20. The Hall–Kier alpha value is -1.24. The first-order valence-corrected chi connectivity index (χ1v) is 8.50. The second kappa shape index (κ2) is 8.41. The van der Waals surface area contributed by atoms with Crippen LogP contribution >= 0.6 is 0 Å². The Kier molecular flexibility index (Phi) is 6.54. The molecule has 1 heterocycles. The average Bonchev–Trinajstić information content (AvgIpc) is 2.93. The maximum absolute atomic E-state index is 6.02. The first-order chi connectivity index (χ1) is 10.5. The van der Waals surface area contributed by atoms with Gasteiger partial charge in [-0.05, 0) is 39.2 Å². The molecule has 0 aliphatic heterocycles. The van der Waals surface area contributed by atoms with Crippen molar-refractivity contribution < 1.29 is 9.15 Å². The maximum Gasteiger partial charge on any atom is 0.119 e. The first kappa shape index (κ1) is 17.1. The third-order valence-electron chi connectivity index (χ3n) is 4.10. The SMILES string of the molecule is CC(C)(N)CCc1occc1C#CCCOC1CCCCC1. The minimum atomic E-state index is -0.175. The van der Waals surface area contributed by atoms with E-state index in [1.54, 1.807) is 6.26 Å². The van der Waals surface area contributed by atoms with E-state index in [2.05, 4.69) is 11.8 Å². The van der Waals surface area contributed by atoms with Crippen LogP contribution in [-0.2, 0) is 11.2 Å². The Balaban J connectivity index is 1.73. The lowest BCUT2D eigenvalue weighted by molar-refractivity contribution is 0.0320. The average molecular weight is 303 g/mol. The third-order valence-corrected chi connectivity index (χ3v) is 4.10. The van der Waals surface area contributed by atoms with E-state index in [9.17, 15) is 0 Å². The molecule has 3 heteroatoms. The molecule has 0 amide bonds. The number of hydrogen-bond donors (Lipinski definition) is 1. The zero-order valence-electron chi connectivity index (χ0n) is 14.0. The predicted octanol–water partition coefficient (Wildman–Crippen LogP) is 4.04. The van der Waals surface area contributed by atoms with Crippen LogP contribution in [0, 0.1) is 11.8 Å². The van der Waals surface area contributed by atoms with E-state index in [4.69, 9.17) is 14.9 Å². The number of rotatable bonds is 6. The lowest BCUT2D eigenvalue weighted by Gasteiger charge is -2.21. The summed E-state index contributed by atoms with van der Waals surface area (Å²) in [6, 6.07) is 1.94. The lowest BCUT2D eigenvalue weighted by atomic mass is 9.98. The molecular weight excluding hydrogens is 274 g/mol. The van der Waals surface area contributed by atoms with Gasteiger partial charge in [-0.1, -0.05) is 31.1 Å². The molecule has 1 aromatic heterocycles. The van der Waals surface area contributed by atoms with E-state index in [0.29, 0.717) is 6.10 Å². The summed E-state index contributed by atoms with van der Waals surface area (Å²) in [4.78, 5) is 0. The molecule has 0 unspecified atom stereocenters. The number of furan rings is 1. The normalized spacial score (nSPS) is 16.3. The molecule has 1 aliphatic rings. The van der Waals surface area contributed by atoms with Gasteiger partial charge >= 0.3 is 0 Å². The van der Waals surface area contributed by atoms with Crippen LogP contribution in [0.25, 0.3) is 0 Å². The highest BCUT2D eigenvalue weighted by molar-refractivity contribution is 5.36. The molecule has 2 rings (SSSR count). The molecule has 1 saturated carbocycles. The van der Waals surface area contributed by atoms with Crippen molar-refractivity contribution >= 4 is 0 Å². The van der Waals surface area contributed by atoms with Crippen LogP contribution in [0.15, 0.2) is 16.7 Å². The van der Waals surface area contributed by atoms with Crippen LogP contribution in [0.4, 0.5) is 0 Å². The van der Waals surface area contributed by atoms with E-state index < -0.39 is 0 Å². The van der Waals surface area contributed by atoms with Crippen LogP contribution in [0.1, 0.15) is 70.1 Å². The summed E-state index contributed by atoms with van der Waals surface area (Å²) in [6.45, 7) is 4.80. The van der Waals surface area contributed by atoms with Crippen molar-refractivity contribution in [1.82, 2.24) is 0 Å². The van der Waals surface area contributed by atoms with Crippen molar-refractivity contribution in [2.24, 2.45) is 5.73 Å². The summed E-state index contributed by atoms with van der Waals surface area (Å²) in [5, 5.41) is 0. The van der Waals surface area contributed by atoms with Gasteiger partial charge in [0, 0.05) is 18.4 Å². The monoisotopic (exact) mass is 303 g/mol. The van der Waals surface area contributed by atoms with Gasteiger partial charge in [0.1, 0.15) is 5.76 Å². The van der Waals surface area contributed by atoms with E-state index in [1.807, 2.05) is 19.9 Å². The fraction of sp³-hybridized carbons (Fsp3) is 0.684. The summed E-state index contributed by atoms with van der Waals surface area (Å²) in [7, 11) is 0. The Morgan fingerprint density at radius 2 is 2.09 bits per heavy atom. The summed E-state index contributed by atoms with van der Waals surface area (Å²) in [5.74, 6) is 7.35. The molecule has 0 saturated heterocycles. The molecule has 122 valence electrons. The summed E-state index contributed by atoms with van der Waals surface area (Å²) in [6.07, 6.45) is 11.1. The second-order valence-corrected chi connectivity index (χ2v) is 6.93. The molecule has 0 aromatic carbocycles. The third kappa shape index (κ3) is 6.25. The minimum Gasteiger partial charge on any atom is -0.468 e. The standard InChI is InChI=1S/C19H29NO2/c1-19(2,20)13-11-18-16(12-15-22-18)8-6-7-14-21-17-9-4-3-5-10-17/h12,15,17H,3-5,7,9-11,13-14,20H2,1-2H3. The van der Waals surface area contributed by atoms with Gasteiger partial charge in [-0.15, -0.1) is 0 Å². The lowest BCUT2D eigenvalue weighted by Crippen LogP contribution is -2.32. The predicted molar refractivity (Wildman–Crippen MR) is 89.6 cm³/mol. The fourth-order valence-electron chi connectivity index (χ4n) is 2.75. The molecule has 0 atom stereocenters. The Labute approximate surface area is 134 Å². The molecule has 0 bridgehead atoms. The molecule has 22 heavy (non-hydrogen) atoms. The van der Waals surface area contributed by atoms with Crippen molar-refractivity contribution in [1.29, 1.82) is 0 Å². The molecule has 1 aliphatic carbocycles. The highest BCUT2D eigenvalue weighted by atomic mass is 16.5. The van der Waals surface area contributed by atoms with E-state index in [1.165, 1.54) is 32.1 Å². The molecule has 3 nitrogen and oxygen atoms in total. The molecule has 1 fully saturated rings. The van der Waals surface area contributed by atoms with Gasteiger partial charge in [0.25, 0.3) is 0 Å². The van der Waals surface area contributed by atoms with Gasteiger partial charge in [0.15, 0.2) is 0 Å². The zero-order chi connectivity index (χ0) is 15.8. The fourth-order valence-corrected chi connectivity index (χ4v) is 2.75. The quantitative estimate of drug-likeness (QED) is 0.637. The van der Waals surface area contributed by atoms with Gasteiger partial charge in [0.2, 0.25) is 0 Å². The van der Waals surface area contributed by atoms with Crippen LogP contribution in [0.3, 0.4) is 0 Å². The van der Waals surface area contributed by atoms with Crippen LogP contribution in [-0.4, -0.2) is 18.2 Å². The van der Waals surface area contributed by atoms with Crippen molar-refractivity contribution in [3.05, 3.63) is 23.7 Å². The molecule has 0 radical (unpaired) electrons. The van der Waals surface area contributed by atoms with Gasteiger partial charge in [-0.3, -0.25) is 0 Å². The number of hydrogen-bond acceptors (Lipinski definition) is 3. The van der Waals surface area contributed by atoms with E-state index >= 15 is 0 Å². The Morgan fingerprint density at radius 3 is 2.82 bits per heavy atom. The molecular formula is C19H29NO2. The number of aryl methyl sites for hydroxylation is 1. The number of ether oxygens (including phenoxy) is 1. The maximum atomic E-state index is 6.02. The summed E-state index contributed by atoms with van der Waals surface area (Å²) >= 11 is 0. The second-order valence-electron chi connectivity index (χ2n) is 6.93. The van der Waals surface area contributed by atoms with Gasteiger partial charge < -0.3 is 14.9 Å². The van der Waals surface area contributed by atoms with Crippen molar-refractivity contribution in [3.63, 3.8) is 0 Å². The van der Waals surface area contributed by atoms with Gasteiger partial charge in [-0.25, -0.2) is 0 Å². The van der Waals surface area contributed by atoms with E-state index in [0.717, 1.165) is 37.2 Å². The zero-order valence-corrected chi connectivity index (χ0v) is 14.0. The molecule has 2 N–H and O–H groups in total. The molecule has 1 aromatic rings. The Morgan fingerprint density at radius 1 is 1.32 bits per heavy atom. The smallest absolute Gasteiger partial charge is 0.119 e. The van der Waals surface area contributed by atoms with Gasteiger partial charge in [-0.2, -0.15) is 0 Å². The van der Waals surface area contributed by atoms with Crippen molar-refractivity contribution in [2.75, 3.05) is 6.61 Å². The number of nitrogens with two attached hydrogens (primary N) is 1. The van der Waals surface area contributed by atoms with Crippen molar-refractivity contribution in [3.8, 4) is 11.8 Å². The summed E-state index contributed by atoms with van der Waals surface area (Å²) < 4.78 is 11.4. The summed E-state index contributed by atoms with van der Waals surface area (Å²) in [5.41, 5.74) is 6.83. The Bertz CT molecular complexity index is 495. The topological polar surface area (TPSA) is 48.4 Å². The van der Waals surface area contributed by atoms with Crippen LogP contribution in [0.2, 0.25) is 0 Å². The highest BCUT2D eigenvalue weighted by Gasteiger charge is 2.14. The van der Waals surface area contributed by atoms with Crippen LogP contribution in [0.5, 0.6) is 0 Å². The first-order valence-electron chi connectivity index (χ1n) is 8.50. The van der Waals surface area contributed by atoms with Gasteiger partial charge in [0.05, 0.1) is 24.5 Å². The van der Waals surface area contributed by atoms with E-state index in [-0.39, 0.29) is 5.54 Å². The largest absolute Gasteiger partial charge is 0.468 e. The van der Waals surface area contributed by atoms with Crippen molar-refractivity contribution in [2.45, 2.75) is 76.9 Å².